The zero-order valence-corrected chi connectivity index (χ0v) is 12.0. The van der Waals surface area contributed by atoms with E-state index in [4.69, 9.17) is 5.73 Å². The fourth-order valence-electron chi connectivity index (χ4n) is 2.21. The van der Waals surface area contributed by atoms with Gasteiger partial charge in [-0.1, -0.05) is 24.3 Å². The molecule has 2 atom stereocenters. The van der Waals surface area contributed by atoms with Gasteiger partial charge in [-0.3, -0.25) is 9.48 Å². The Morgan fingerprint density at radius 2 is 2.10 bits per heavy atom. The zero-order chi connectivity index (χ0) is 14.7. The second-order valence-electron chi connectivity index (χ2n) is 5.01. The van der Waals surface area contributed by atoms with Crippen molar-refractivity contribution in [3.63, 3.8) is 0 Å². The van der Waals surface area contributed by atoms with Crippen LogP contribution in [0.4, 0.5) is 0 Å². The Morgan fingerprint density at radius 3 is 2.70 bits per heavy atom. The molecule has 0 aliphatic carbocycles. The van der Waals surface area contributed by atoms with Crippen molar-refractivity contribution in [2.45, 2.75) is 25.9 Å². The molecule has 5 heteroatoms. The molecule has 0 spiro atoms. The van der Waals surface area contributed by atoms with Crippen molar-refractivity contribution in [2.75, 3.05) is 0 Å². The number of hydrogen-bond acceptors (Lipinski definition) is 3. The van der Waals surface area contributed by atoms with Crippen molar-refractivity contribution in [1.29, 1.82) is 0 Å². The van der Waals surface area contributed by atoms with Crippen LogP contribution < -0.4 is 11.1 Å². The molecule has 0 bridgehead atoms. The first-order valence-electron chi connectivity index (χ1n) is 6.59. The third-order valence-corrected chi connectivity index (χ3v) is 3.38. The van der Waals surface area contributed by atoms with Gasteiger partial charge in [0.05, 0.1) is 12.2 Å². The largest absolute Gasteiger partial charge is 0.348 e. The predicted octanol–water partition coefficient (Wildman–Crippen LogP) is 1.61. The molecule has 5 nitrogen and oxygen atoms in total. The first-order valence-corrected chi connectivity index (χ1v) is 6.59. The van der Waals surface area contributed by atoms with Crippen LogP contribution in [0.25, 0.3) is 0 Å². The highest BCUT2D eigenvalue weighted by atomic mass is 16.2. The maximum Gasteiger partial charge on any atom is 0.242 e. The van der Waals surface area contributed by atoms with Crippen molar-refractivity contribution in [3.8, 4) is 0 Å². The molecule has 0 aliphatic rings. The number of nitrogens with one attached hydrogen (secondary N) is 1. The molecule has 2 aromatic rings. The summed E-state index contributed by atoms with van der Waals surface area (Å²) in [6.07, 6.45) is 3.37. The summed E-state index contributed by atoms with van der Waals surface area (Å²) in [6, 6.07) is 7.21. The molecule has 0 aliphatic heterocycles. The van der Waals surface area contributed by atoms with Crippen LogP contribution in [-0.2, 0) is 11.8 Å². The van der Waals surface area contributed by atoms with Crippen LogP contribution in [-0.4, -0.2) is 15.7 Å². The second-order valence-corrected chi connectivity index (χ2v) is 5.01. The molecule has 0 saturated carbocycles. The molecule has 2 unspecified atom stereocenters. The van der Waals surface area contributed by atoms with E-state index in [2.05, 4.69) is 10.4 Å². The quantitative estimate of drug-likeness (QED) is 0.888. The Morgan fingerprint density at radius 1 is 1.40 bits per heavy atom. The Labute approximate surface area is 118 Å². The molecular weight excluding hydrogens is 252 g/mol. The van der Waals surface area contributed by atoms with E-state index in [1.807, 2.05) is 38.1 Å². The molecule has 1 aromatic carbocycles. The van der Waals surface area contributed by atoms with Crippen LogP contribution in [0.15, 0.2) is 36.7 Å². The normalized spacial score (nSPS) is 13.8. The Hall–Kier alpha value is -2.14. The highest BCUT2D eigenvalue weighted by Crippen LogP contribution is 2.18. The minimum absolute atomic E-state index is 0.0774. The summed E-state index contributed by atoms with van der Waals surface area (Å²) in [7, 11) is 1.80. The third-order valence-electron chi connectivity index (χ3n) is 3.38. The van der Waals surface area contributed by atoms with Gasteiger partial charge in [-0.15, -0.1) is 0 Å². The van der Waals surface area contributed by atoms with Crippen LogP contribution in [0.5, 0.6) is 0 Å². The standard InChI is InChI=1S/C15H20N4O/c1-10-6-4-5-7-13(10)11(2)18-15(20)14(16)12-8-17-19(3)9-12/h4-9,11,14H,16H2,1-3H3,(H,18,20). The first kappa shape index (κ1) is 14.3. The predicted molar refractivity (Wildman–Crippen MR) is 77.9 cm³/mol. The van der Waals surface area contributed by atoms with Gasteiger partial charge in [-0.25, -0.2) is 0 Å². The Bertz CT molecular complexity index is 605. The summed E-state index contributed by atoms with van der Waals surface area (Å²) < 4.78 is 1.63. The number of hydrogen-bond donors (Lipinski definition) is 2. The van der Waals surface area contributed by atoms with E-state index in [1.54, 1.807) is 24.1 Å². The minimum atomic E-state index is -0.699. The van der Waals surface area contributed by atoms with Gasteiger partial charge in [0.2, 0.25) is 5.91 Å². The number of benzene rings is 1. The lowest BCUT2D eigenvalue weighted by Crippen LogP contribution is -2.35. The topological polar surface area (TPSA) is 72.9 Å². The summed E-state index contributed by atoms with van der Waals surface area (Å²) in [5.74, 6) is -0.200. The number of carbonyl (C=O) groups is 1. The summed E-state index contributed by atoms with van der Waals surface area (Å²) in [4.78, 5) is 12.2. The minimum Gasteiger partial charge on any atom is -0.348 e. The monoisotopic (exact) mass is 272 g/mol. The van der Waals surface area contributed by atoms with Crippen molar-refractivity contribution < 1.29 is 4.79 Å². The fraction of sp³-hybridized carbons (Fsp3) is 0.333. The van der Waals surface area contributed by atoms with E-state index in [-0.39, 0.29) is 11.9 Å². The lowest BCUT2D eigenvalue weighted by atomic mass is 10.0. The van der Waals surface area contributed by atoms with Gasteiger partial charge < -0.3 is 11.1 Å². The van der Waals surface area contributed by atoms with Crippen molar-refractivity contribution in [2.24, 2.45) is 12.8 Å². The number of amides is 1. The maximum absolute atomic E-state index is 12.2. The highest BCUT2D eigenvalue weighted by Gasteiger charge is 2.20. The van der Waals surface area contributed by atoms with Gasteiger partial charge in [-0.2, -0.15) is 5.10 Å². The molecule has 0 fully saturated rings. The third kappa shape index (κ3) is 3.05. The molecule has 2 rings (SSSR count). The van der Waals surface area contributed by atoms with Gasteiger partial charge in [0.25, 0.3) is 0 Å². The Kier molecular flexibility index (Phi) is 4.20. The molecule has 1 amide bonds. The lowest BCUT2D eigenvalue weighted by molar-refractivity contribution is -0.123. The Balaban J connectivity index is 2.06. The van der Waals surface area contributed by atoms with E-state index in [0.29, 0.717) is 5.56 Å². The SMILES string of the molecule is Cc1ccccc1C(C)NC(=O)C(N)c1cnn(C)c1. The van der Waals surface area contributed by atoms with Crippen molar-refractivity contribution in [1.82, 2.24) is 15.1 Å². The van der Waals surface area contributed by atoms with Crippen molar-refractivity contribution in [3.05, 3.63) is 53.3 Å². The van der Waals surface area contributed by atoms with E-state index >= 15 is 0 Å². The summed E-state index contributed by atoms with van der Waals surface area (Å²) >= 11 is 0. The first-order chi connectivity index (χ1) is 9.49. The average Bonchev–Trinajstić information content (AvgIpc) is 2.84. The lowest BCUT2D eigenvalue weighted by Gasteiger charge is -2.18. The van der Waals surface area contributed by atoms with Crippen LogP contribution >= 0.6 is 0 Å². The number of nitrogens with two attached hydrogens (primary N) is 1. The summed E-state index contributed by atoms with van der Waals surface area (Å²) in [5.41, 5.74) is 8.91. The fourth-order valence-corrected chi connectivity index (χ4v) is 2.21. The molecule has 3 N–H and O–H groups in total. The van der Waals surface area contributed by atoms with E-state index in [9.17, 15) is 4.79 Å². The van der Waals surface area contributed by atoms with E-state index in [0.717, 1.165) is 11.1 Å². The molecule has 1 aromatic heterocycles. The van der Waals surface area contributed by atoms with Gasteiger partial charge in [0, 0.05) is 18.8 Å². The zero-order valence-electron chi connectivity index (χ0n) is 12.0. The van der Waals surface area contributed by atoms with Crippen LogP contribution in [0.3, 0.4) is 0 Å². The van der Waals surface area contributed by atoms with E-state index < -0.39 is 6.04 Å². The van der Waals surface area contributed by atoms with E-state index in [1.165, 1.54) is 0 Å². The molecule has 106 valence electrons. The number of aromatic nitrogens is 2. The number of aryl methyl sites for hydroxylation is 2. The average molecular weight is 272 g/mol. The molecule has 0 radical (unpaired) electrons. The molecule has 0 saturated heterocycles. The van der Waals surface area contributed by atoms with Crippen LogP contribution in [0.1, 0.15) is 35.7 Å². The number of carbonyl (C=O) groups excluding carboxylic acids is 1. The van der Waals surface area contributed by atoms with Gasteiger partial charge in [-0.05, 0) is 25.0 Å². The van der Waals surface area contributed by atoms with Crippen LogP contribution in [0.2, 0.25) is 0 Å². The van der Waals surface area contributed by atoms with Gasteiger partial charge in [0.1, 0.15) is 6.04 Å². The highest BCUT2D eigenvalue weighted by molar-refractivity contribution is 5.83. The molecule has 20 heavy (non-hydrogen) atoms. The number of nitrogens with zero attached hydrogens (tertiary/aromatic N) is 2. The molecular formula is C15H20N4O. The smallest absolute Gasteiger partial charge is 0.242 e. The van der Waals surface area contributed by atoms with Crippen LogP contribution in [0, 0.1) is 6.92 Å². The number of rotatable bonds is 4. The summed E-state index contributed by atoms with van der Waals surface area (Å²) in [5, 5.41) is 6.97. The molecule has 1 heterocycles. The van der Waals surface area contributed by atoms with Gasteiger partial charge in [0.15, 0.2) is 0 Å². The van der Waals surface area contributed by atoms with Crippen molar-refractivity contribution >= 4 is 5.91 Å². The maximum atomic E-state index is 12.2. The second kappa shape index (κ2) is 5.88. The summed E-state index contributed by atoms with van der Waals surface area (Å²) in [6.45, 7) is 3.98. The van der Waals surface area contributed by atoms with Gasteiger partial charge >= 0.3 is 0 Å².